The smallest absolute Gasteiger partial charge is 0.344 e. The molecule has 1 aromatic heterocycles. The molecule has 1 heterocycles. The van der Waals surface area contributed by atoms with Gasteiger partial charge in [0.25, 0.3) is 0 Å². The van der Waals surface area contributed by atoms with Gasteiger partial charge in [-0.2, -0.15) is 0 Å². The number of aliphatic carboxylic acids is 1. The summed E-state index contributed by atoms with van der Waals surface area (Å²) in [5, 5.41) is 14.8. The van der Waals surface area contributed by atoms with E-state index in [0.717, 1.165) is 29.4 Å². The van der Waals surface area contributed by atoms with Crippen molar-refractivity contribution in [1.82, 2.24) is 5.16 Å². The molecule has 0 aliphatic heterocycles. The normalized spacial score (nSPS) is 12.0. The van der Waals surface area contributed by atoms with E-state index in [2.05, 4.69) is 12.1 Å². The van der Waals surface area contributed by atoms with Gasteiger partial charge in [0.2, 0.25) is 0 Å². The van der Waals surface area contributed by atoms with E-state index in [-0.39, 0.29) is 0 Å². The zero-order chi connectivity index (χ0) is 22.7. The Kier molecular flexibility index (Phi) is 6.32. The molecule has 0 spiro atoms. The second-order valence-electron chi connectivity index (χ2n) is 7.41. The molecule has 7 heteroatoms. The zero-order valence-corrected chi connectivity index (χ0v) is 18.4. The van der Waals surface area contributed by atoms with Crippen LogP contribution in [0.1, 0.15) is 25.8 Å². The van der Waals surface area contributed by atoms with Crippen LogP contribution >= 0.6 is 11.6 Å². The zero-order valence-electron chi connectivity index (χ0n) is 17.7. The van der Waals surface area contributed by atoms with Crippen molar-refractivity contribution >= 4 is 28.5 Å². The van der Waals surface area contributed by atoms with Gasteiger partial charge in [0.05, 0.1) is 5.39 Å². The Bertz CT molecular complexity index is 1250. The van der Waals surface area contributed by atoms with Gasteiger partial charge in [-0.15, -0.1) is 0 Å². The quantitative estimate of drug-likeness (QED) is 0.319. The fraction of sp³-hybridized carbons (Fsp3) is 0.200. The predicted octanol–water partition coefficient (Wildman–Crippen LogP) is 6.74. The fourth-order valence-electron chi connectivity index (χ4n) is 3.42. The lowest BCUT2D eigenvalue weighted by Gasteiger charge is -2.12. The molecule has 0 aliphatic rings. The average molecular weight is 452 g/mol. The van der Waals surface area contributed by atoms with Crippen LogP contribution in [-0.4, -0.2) is 22.3 Å². The molecule has 0 unspecified atom stereocenters. The molecule has 0 saturated carbocycles. The van der Waals surface area contributed by atoms with Gasteiger partial charge in [-0.1, -0.05) is 30.1 Å². The molecule has 0 fully saturated rings. The molecule has 0 saturated heterocycles. The van der Waals surface area contributed by atoms with Crippen molar-refractivity contribution in [3.05, 3.63) is 71.2 Å². The maximum atomic E-state index is 11.1. The maximum absolute atomic E-state index is 11.1. The molecule has 0 amide bonds. The Labute approximate surface area is 190 Å². The number of halogens is 1. The largest absolute Gasteiger partial charge is 0.479 e. The molecule has 1 N–H and O–H groups in total. The summed E-state index contributed by atoms with van der Waals surface area (Å²) in [6, 6.07) is 18.2. The van der Waals surface area contributed by atoms with Crippen LogP contribution in [0.5, 0.6) is 17.2 Å². The minimum Gasteiger partial charge on any atom is -0.479 e. The van der Waals surface area contributed by atoms with Crippen LogP contribution in [-0.2, 0) is 11.2 Å². The number of aromatic nitrogens is 1. The van der Waals surface area contributed by atoms with Crippen molar-refractivity contribution in [1.29, 1.82) is 0 Å². The third-order valence-electron chi connectivity index (χ3n) is 5.00. The number of carbonyl (C=O) groups is 1. The van der Waals surface area contributed by atoms with E-state index in [1.54, 1.807) is 30.3 Å². The number of hydrogen-bond acceptors (Lipinski definition) is 5. The number of rotatable bonds is 8. The minimum atomic E-state index is -1.03. The summed E-state index contributed by atoms with van der Waals surface area (Å²) in [6.45, 7) is 3.59. The van der Waals surface area contributed by atoms with Crippen molar-refractivity contribution in [3.8, 4) is 28.5 Å². The molecule has 6 nitrogen and oxygen atoms in total. The SMILES string of the molecule is CCCc1cc(Oc2ccc(Cl)cc2)ccc1-c1noc2ccc(O[C@@H](C)C(=O)O)cc12. The van der Waals surface area contributed by atoms with Gasteiger partial charge in [-0.25, -0.2) is 4.79 Å². The predicted molar refractivity (Wildman–Crippen MR) is 123 cm³/mol. The van der Waals surface area contributed by atoms with Crippen LogP contribution in [0.3, 0.4) is 0 Å². The number of aryl methyl sites for hydroxylation is 1. The Morgan fingerprint density at radius 2 is 1.78 bits per heavy atom. The summed E-state index contributed by atoms with van der Waals surface area (Å²) >= 11 is 5.95. The Morgan fingerprint density at radius 3 is 2.50 bits per heavy atom. The molecule has 3 aromatic carbocycles. The second kappa shape index (κ2) is 9.32. The van der Waals surface area contributed by atoms with Gasteiger partial charge >= 0.3 is 5.97 Å². The summed E-state index contributed by atoms with van der Waals surface area (Å²) in [6.07, 6.45) is 0.807. The molecular formula is C25H22ClNO5. The maximum Gasteiger partial charge on any atom is 0.344 e. The van der Waals surface area contributed by atoms with Crippen molar-refractivity contribution in [2.24, 2.45) is 0 Å². The fourth-order valence-corrected chi connectivity index (χ4v) is 3.55. The van der Waals surface area contributed by atoms with E-state index in [1.165, 1.54) is 6.92 Å². The highest BCUT2D eigenvalue weighted by Gasteiger charge is 2.18. The topological polar surface area (TPSA) is 81.8 Å². The highest BCUT2D eigenvalue weighted by molar-refractivity contribution is 6.30. The number of carboxylic acid groups (broad SMARTS) is 1. The molecule has 164 valence electrons. The minimum absolute atomic E-state index is 0.441. The number of benzene rings is 3. The van der Waals surface area contributed by atoms with Crippen LogP contribution in [0.4, 0.5) is 0 Å². The molecule has 0 aliphatic carbocycles. The lowest BCUT2D eigenvalue weighted by Crippen LogP contribution is -2.22. The third-order valence-corrected chi connectivity index (χ3v) is 5.25. The standard InChI is InChI=1S/C25H22ClNO5/c1-3-4-16-13-19(31-18-7-5-17(26)6-8-18)9-11-21(16)24-22-14-20(30-15(2)25(28)29)10-12-23(22)32-27-24/h5-15H,3-4H2,1-2H3,(H,28,29)/t15-/m0/s1. The lowest BCUT2D eigenvalue weighted by atomic mass is 9.98. The molecule has 1 atom stereocenters. The van der Waals surface area contributed by atoms with Crippen molar-refractivity contribution in [2.75, 3.05) is 0 Å². The van der Waals surface area contributed by atoms with Gasteiger partial charge in [0.1, 0.15) is 22.9 Å². The first-order valence-electron chi connectivity index (χ1n) is 10.3. The number of fused-ring (bicyclic) bond motifs is 1. The molecule has 0 bridgehead atoms. The summed E-state index contributed by atoms with van der Waals surface area (Å²) in [5.41, 5.74) is 3.27. The molecule has 4 aromatic rings. The van der Waals surface area contributed by atoms with Gasteiger partial charge < -0.3 is 19.1 Å². The lowest BCUT2D eigenvalue weighted by molar-refractivity contribution is -0.144. The Morgan fingerprint density at radius 1 is 1.06 bits per heavy atom. The molecular weight excluding hydrogens is 430 g/mol. The summed E-state index contributed by atoms with van der Waals surface area (Å²) in [4.78, 5) is 11.1. The van der Waals surface area contributed by atoms with E-state index in [4.69, 9.17) is 30.7 Å². The summed E-state index contributed by atoms with van der Waals surface area (Å²) in [5.74, 6) is 0.825. The Balaban J connectivity index is 1.70. The average Bonchev–Trinajstić information content (AvgIpc) is 3.19. The van der Waals surface area contributed by atoms with Crippen LogP contribution in [0.2, 0.25) is 5.02 Å². The highest BCUT2D eigenvalue weighted by atomic mass is 35.5. The van der Waals surface area contributed by atoms with Crippen LogP contribution in [0.25, 0.3) is 22.2 Å². The second-order valence-corrected chi connectivity index (χ2v) is 7.85. The van der Waals surface area contributed by atoms with E-state index in [0.29, 0.717) is 33.5 Å². The van der Waals surface area contributed by atoms with Crippen LogP contribution < -0.4 is 9.47 Å². The van der Waals surface area contributed by atoms with E-state index in [9.17, 15) is 4.79 Å². The third kappa shape index (κ3) is 4.70. The van der Waals surface area contributed by atoms with Crippen LogP contribution in [0, 0.1) is 0 Å². The number of carboxylic acids is 1. The van der Waals surface area contributed by atoms with Crippen LogP contribution in [0.15, 0.2) is 65.2 Å². The number of nitrogens with zero attached hydrogens (tertiary/aromatic N) is 1. The molecule has 0 radical (unpaired) electrons. The Hall–Kier alpha value is -3.51. The number of ether oxygens (including phenoxy) is 2. The van der Waals surface area contributed by atoms with Gasteiger partial charge in [0, 0.05) is 10.6 Å². The molecule has 4 rings (SSSR count). The van der Waals surface area contributed by atoms with Crippen molar-refractivity contribution in [2.45, 2.75) is 32.8 Å². The van der Waals surface area contributed by atoms with Crippen molar-refractivity contribution < 1.29 is 23.9 Å². The number of hydrogen-bond donors (Lipinski definition) is 1. The monoisotopic (exact) mass is 451 g/mol. The van der Waals surface area contributed by atoms with E-state index in [1.807, 2.05) is 30.3 Å². The molecule has 32 heavy (non-hydrogen) atoms. The van der Waals surface area contributed by atoms with E-state index < -0.39 is 12.1 Å². The van der Waals surface area contributed by atoms with E-state index >= 15 is 0 Å². The first-order chi connectivity index (χ1) is 15.4. The first-order valence-corrected chi connectivity index (χ1v) is 10.7. The van der Waals surface area contributed by atoms with Gasteiger partial charge in [-0.3, -0.25) is 0 Å². The van der Waals surface area contributed by atoms with Crippen molar-refractivity contribution in [3.63, 3.8) is 0 Å². The summed E-state index contributed by atoms with van der Waals surface area (Å²) in [7, 11) is 0. The first kappa shape index (κ1) is 21.7. The summed E-state index contributed by atoms with van der Waals surface area (Å²) < 4.78 is 17.0. The van der Waals surface area contributed by atoms with Gasteiger partial charge in [-0.05, 0) is 79.6 Å². The van der Waals surface area contributed by atoms with Gasteiger partial charge in [0.15, 0.2) is 11.7 Å². The highest BCUT2D eigenvalue weighted by Crippen LogP contribution is 2.36.